The molecule has 0 amide bonds. The molecule has 16 heavy (non-hydrogen) atoms. The Balaban J connectivity index is 1.88. The molecule has 2 rings (SSSR count). The lowest BCUT2D eigenvalue weighted by atomic mass is 10.3. The molecule has 1 saturated heterocycles. The summed E-state index contributed by atoms with van der Waals surface area (Å²) in [7, 11) is 0. The summed E-state index contributed by atoms with van der Waals surface area (Å²) in [4.78, 5) is 17.2. The van der Waals surface area contributed by atoms with Gasteiger partial charge in [0.15, 0.2) is 0 Å². The third-order valence-electron chi connectivity index (χ3n) is 2.50. The molecule has 0 spiro atoms. The van der Waals surface area contributed by atoms with Crippen molar-refractivity contribution in [3.63, 3.8) is 0 Å². The van der Waals surface area contributed by atoms with Gasteiger partial charge in [0.05, 0.1) is 18.7 Å². The molecule has 1 aromatic heterocycles. The van der Waals surface area contributed by atoms with Crippen LogP contribution in [-0.2, 0) is 17.8 Å². The normalized spacial score (nSPS) is 17.5. The molecule has 88 valence electrons. The molecule has 0 bridgehead atoms. The van der Waals surface area contributed by atoms with Crippen LogP contribution >= 0.6 is 11.3 Å². The van der Waals surface area contributed by atoms with Crippen molar-refractivity contribution in [1.29, 1.82) is 0 Å². The van der Waals surface area contributed by atoms with Crippen molar-refractivity contribution in [2.24, 2.45) is 0 Å². The highest BCUT2D eigenvalue weighted by molar-refractivity contribution is 7.09. The molecule has 1 fully saturated rings. The van der Waals surface area contributed by atoms with Gasteiger partial charge in [0, 0.05) is 31.6 Å². The van der Waals surface area contributed by atoms with Gasteiger partial charge in [-0.1, -0.05) is 0 Å². The predicted octanol–water partition coefficient (Wildman–Crippen LogP) is 0.175. The Kier molecular flexibility index (Phi) is 3.87. The molecule has 2 N–H and O–H groups in total. The summed E-state index contributed by atoms with van der Waals surface area (Å²) in [6.07, 6.45) is 0.0258. The molecule has 1 aliphatic heterocycles. The van der Waals surface area contributed by atoms with Crippen molar-refractivity contribution in [3.8, 4) is 0 Å². The van der Waals surface area contributed by atoms with E-state index in [0.717, 1.165) is 37.7 Å². The first-order valence-electron chi connectivity index (χ1n) is 5.32. The van der Waals surface area contributed by atoms with E-state index in [9.17, 15) is 4.79 Å². The van der Waals surface area contributed by atoms with Crippen molar-refractivity contribution < 1.29 is 9.90 Å². The van der Waals surface area contributed by atoms with Gasteiger partial charge in [0.25, 0.3) is 0 Å². The van der Waals surface area contributed by atoms with E-state index in [-0.39, 0.29) is 6.42 Å². The number of aromatic nitrogens is 1. The number of carboxylic acids is 1. The fraction of sp³-hybridized carbons (Fsp3) is 0.600. The average molecular weight is 241 g/mol. The first-order valence-corrected chi connectivity index (χ1v) is 6.20. The van der Waals surface area contributed by atoms with Gasteiger partial charge in [-0.05, 0) is 0 Å². The Morgan fingerprint density at radius 3 is 3.00 bits per heavy atom. The largest absolute Gasteiger partial charge is 0.481 e. The molecule has 1 aromatic rings. The fourth-order valence-corrected chi connectivity index (χ4v) is 2.55. The van der Waals surface area contributed by atoms with Crippen LogP contribution in [0.15, 0.2) is 5.38 Å². The van der Waals surface area contributed by atoms with Gasteiger partial charge >= 0.3 is 5.97 Å². The van der Waals surface area contributed by atoms with E-state index >= 15 is 0 Å². The highest BCUT2D eigenvalue weighted by atomic mass is 32.1. The summed E-state index contributed by atoms with van der Waals surface area (Å²) in [6, 6.07) is 0. The molecule has 0 radical (unpaired) electrons. The van der Waals surface area contributed by atoms with Crippen molar-refractivity contribution in [2.75, 3.05) is 26.2 Å². The summed E-state index contributed by atoms with van der Waals surface area (Å²) in [6.45, 7) is 4.95. The van der Waals surface area contributed by atoms with Crippen molar-refractivity contribution in [1.82, 2.24) is 15.2 Å². The maximum atomic E-state index is 10.5. The molecule has 0 aromatic carbocycles. The lowest BCUT2D eigenvalue weighted by Crippen LogP contribution is -2.42. The zero-order chi connectivity index (χ0) is 11.4. The second-order valence-electron chi connectivity index (χ2n) is 3.83. The van der Waals surface area contributed by atoms with Crippen LogP contribution in [-0.4, -0.2) is 47.1 Å². The Labute approximate surface area is 98.1 Å². The minimum absolute atomic E-state index is 0.0258. The van der Waals surface area contributed by atoms with Gasteiger partial charge in [0.2, 0.25) is 0 Å². The highest BCUT2D eigenvalue weighted by Crippen LogP contribution is 2.13. The van der Waals surface area contributed by atoms with Crippen LogP contribution in [0.3, 0.4) is 0 Å². The second kappa shape index (κ2) is 5.38. The SMILES string of the molecule is O=C(O)Cc1csc(CN2CCNCC2)n1. The number of nitrogens with one attached hydrogen (secondary N) is 1. The standard InChI is InChI=1S/C10H15N3O2S/c14-10(15)5-8-7-16-9(12-8)6-13-3-1-11-2-4-13/h7,11H,1-6H2,(H,14,15). The van der Waals surface area contributed by atoms with Crippen LogP contribution in [0.5, 0.6) is 0 Å². The molecular weight excluding hydrogens is 226 g/mol. The molecule has 5 nitrogen and oxygen atoms in total. The van der Waals surface area contributed by atoms with Crippen LogP contribution in [0.25, 0.3) is 0 Å². The molecule has 2 heterocycles. The zero-order valence-electron chi connectivity index (χ0n) is 8.98. The number of nitrogens with zero attached hydrogens (tertiary/aromatic N) is 2. The van der Waals surface area contributed by atoms with Gasteiger partial charge in [-0.3, -0.25) is 9.69 Å². The van der Waals surface area contributed by atoms with E-state index in [1.165, 1.54) is 0 Å². The van der Waals surface area contributed by atoms with Gasteiger partial charge in [-0.25, -0.2) is 4.98 Å². The Morgan fingerprint density at radius 1 is 1.56 bits per heavy atom. The number of rotatable bonds is 4. The van der Waals surface area contributed by atoms with Crippen LogP contribution in [0.4, 0.5) is 0 Å². The third-order valence-corrected chi connectivity index (χ3v) is 3.38. The Hall–Kier alpha value is -0.980. The second-order valence-corrected chi connectivity index (χ2v) is 4.77. The molecule has 0 aliphatic carbocycles. The number of hydrogen-bond donors (Lipinski definition) is 2. The maximum Gasteiger partial charge on any atom is 0.309 e. The molecular formula is C10H15N3O2S. The minimum Gasteiger partial charge on any atom is -0.481 e. The molecule has 0 atom stereocenters. The first-order chi connectivity index (χ1) is 7.74. The van der Waals surface area contributed by atoms with E-state index in [1.807, 2.05) is 5.38 Å². The van der Waals surface area contributed by atoms with E-state index < -0.39 is 5.97 Å². The Morgan fingerprint density at radius 2 is 2.31 bits per heavy atom. The van der Waals surface area contributed by atoms with Gasteiger partial charge in [0.1, 0.15) is 5.01 Å². The van der Waals surface area contributed by atoms with Gasteiger partial charge < -0.3 is 10.4 Å². The van der Waals surface area contributed by atoms with E-state index in [1.54, 1.807) is 11.3 Å². The number of piperazine rings is 1. The van der Waals surface area contributed by atoms with Crippen LogP contribution < -0.4 is 5.32 Å². The number of carbonyl (C=O) groups is 1. The predicted molar refractivity (Wildman–Crippen MR) is 61.6 cm³/mol. The topological polar surface area (TPSA) is 65.5 Å². The van der Waals surface area contributed by atoms with Crippen molar-refractivity contribution in [2.45, 2.75) is 13.0 Å². The van der Waals surface area contributed by atoms with Crippen molar-refractivity contribution in [3.05, 3.63) is 16.1 Å². The summed E-state index contributed by atoms with van der Waals surface area (Å²) >= 11 is 1.55. The molecule has 1 aliphatic rings. The number of carboxylic acid groups (broad SMARTS) is 1. The van der Waals surface area contributed by atoms with Crippen LogP contribution in [0.2, 0.25) is 0 Å². The summed E-state index contributed by atoms with van der Waals surface area (Å²) in [5, 5.41) is 14.8. The molecule has 0 unspecified atom stereocenters. The summed E-state index contributed by atoms with van der Waals surface area (Å²) in [5.41, 5.74) is 0.669. The number of hydrogen-bond acceptors (Lipinski definition) is 5. The lowest BCUT2D eigenvalue weighted by Gasteiger charge is -2.26. The lowest BCUT2D eigenvalue weighted by molar-refractivity contribution is -0.136. The van der Waals surface area contributed by atoms with Gasteiger partial charge in [-0.2, -0.15) is 0 Å². The van der Waals surface area contributed by atoms with Crippen molar-refractivity contribution >= 4 is 17.3 Å². The van der Waals surface area contributed by atoms with E-state index in [0.29, 0.717) is 5.69 Å². The molecule has 6 heteroatoms. The number of aliphatic carboxylic acids is 1. The number of thiazole rings is 1. The Bertz CT molecular complexity index is 361. The fourth-order valence-electron chi connectivity index (χ4n) is 1.72. The summed E-state index contributed by atoms with van der Waals surface area (Å²) < 4.78 is 0. The average Bonchev–Trinajstić information content (AvgIpc) is 2.66. The minimum atomic E-state index is -0.820. The zero-order valence-corrected chi connectivity index (χ0v) is 9.79. The first kappa shape index (κ1) is 11.5. The smallest absolute Gasteiger partial charge is 0.309 e. The van der Waals surface area contributed by atoms with Gasteiger partial charge in [-0.15, -0.1) is 11.3 Å². The maximum absolute atomic E-state index is 10.5. The third kappa shape index (κ3) is 3.26. The van der Waals surface area contributed by atoms with E-state index in [4.69, 9.17) is 5.11 Å². The monoisotopic (exact) mass is 241 g/mol. The van der Waals surface area contributed by atoms with Crippen LogP contribution in [0, 0.1) is 0 Å². The summed E-state index contributed by atoms with van der Waals surface area (Å²) in [5.74, 6) is -0.820. The molecule has 0 saturated carbocycles. The highest BCUT2D eigenvalue weighted by Gasteiger charge is 2.12. The van der Waals surface area contributed by atoms with Crippen LogP contribution in [0.1, 0.15) is 10.7 Å². The quantitative estimate of drug-likeness (QED) is 0.787. The van der Waals surface area contributed by atoms with E-state index in [2.05, 4.69) is 15.2 Å².